The average molecular weight is 208 g/mol. The molecule has 0 saturated heterocycles. The SMILES string of the molecule is CCOc1c(C)cc(C)cc1CC(=O)O. The summed E-state index contributed by atoms with van der Waals surface area (Å²) in [4.78, 5) is 10.7. The Kier molecular flexibility index (Phi) is 3.72. The number of benzene rings is 1. The second kappa shape index (κ2) is 4.82. The third-order valence-corrected chi connectivity index (χ3v) is 2.13. The first-order chi connectivity index (χ1) is 7.04. The van der Waals surface area contributed by atoms with Crippen molar-refractivity contribution in [2.24, 2.45) is 0 Å². The summed E-state index contributed by atoms with van der Waals surface area (Å²) in [5.74, 6) is -0.119. The zero-order valence-corrected chi connectivity index (χ0v) is 9.33. The lowest BCUT2D eigenvalue weighted by molar-refractivity contribution is -0.136. The molecule has 1 N–H and O–H groups in total. The first-order valence-electron chi connectivity index (χ1n) is 4.99. The molecule has 3 heteroatoms. The van der Waals surface area contributed by atoms with Gasteiger partial charge in [0.15, 0.2) is 0 Å². The molecule has 0 amide bonds. The Morgan fingerprint density at radius 3 is 2.60 bits per heavy atom. The van der Waals surface area contributed by atoms with Crippen LogP contribution in [0.1, 0.15) is 23.6 Å². The maximum absolute atomic E-state index is 10.7. The van der Waals surface area contributed by atoms with Gasteiger partial charge in [0.25, 0.3) is 0 Å². The number of hydrogen-bond acceptors (Lipinski definition) is 2. The van der Waals surface area contributed by atoms with Crippen molar-refractivity contribution in [2.75, 3.05) is 6.61 Å². The number of aryl methyl sites for hydroxylation is 2. The fourth-order valence-electron chi connectivity index (χ4n) is 1.69. The van der Waals surface area contributed by atoms with E-state index in [1.54, 1.807) is 0 Å². The summed E-state index contributed by atoms with van der Waals surface area (Å²) in [6.45, 7) is 6.33. The molecule has 82 valence electrons. The third-order valence-electron chi connectivity index (χ3n) is 2.13. The Balaban J connectivity index is 3.13. The van der Waals surface area contributed by atoms with Gasteiger partial charge in [0, 0.05) is 5.56 Å². The van der Waals surface area contributed by atoms with Crippen molar-refractivity contribution in [3.63, 3.8) is 0 Å². The fraction of sp³-hybridized carbons (Fsp3) is 0.417. The zero-order chi connectivity index (χ0) is 11.4. The van der Waals surface area contributed by atoms with Gasteiger partial charge in [0.2, 0.25) is 0 Å². The van der Waals surface area contributed by atoms with E-state index in [1.165, 1.54) is 0 Å². The minimum Gasteiger partial charge on any atom is -0.493 e. The number of aliphatic carboxylic acids is 1. The first kappa shape index (κ1) is 11.6. The van der Waals surface area contributed by atoms with E-state index in [2.05, 4.69) is 0 Å². The summed E-state index contributed by atoms with van der Waals surface area (Å²) < 4.78 is 5.46. The van der Waals surface area contributed by atoms with Crippen molar-refractivity contribution in [3.8, 4) is 5.75 Å². The Bertz CT molecular complexity index is 369. The van der Waals surface area contributed by atoms with E-state index in [1.807, 2.05) is 32.9 Å². The highest BCUT2D eigenvalue weighted by molar-refractivity contribution is 5.71. The van der Waals surface area contributed by atoms with Crippen LogP contribution >= 0.6 is 0 Å². The molecule has 0 aromatic heterocycles. The summed E-state index contributed by atoms with van der Waals surface area (Å²) >= 11 is 0. The largest absolute Gasteiger partial charge is 0.493 e. The Morgan fingerprint density at radius 2 is 2.07 bits per heavy atom. The van der Waals surface area contributed by atoms with Crippen molar-refractivity contribution < 1.29 is 14.6 Å². The molecule has 1 rings (SSSR count). The number of hydrogen-bond donors (Lipinski definition) is 1. The molecule has 0 aliphatic heterocycles. The molecule has 0 aliphatic rings. The van der Waals surface area contributed by atoms with Gasteiger partial charge in [-0.05, 0) is 26.3 Å². The van der Waals surface area contributed by atoms with Crippen LogP contribution in [-0.2, 0) is 11.2 Å². The summed E-state index contributed by atoms with van der Waals surface area (Å²) in [5.41, 5.74) is 2.81. The molecule has 0 bridgehead atoms. The lowest BCUT2D eigenvalue weighted by Crippen LogP contribution is -2.05. The van der Waals surface area contributed by atoms with Gasteiger partial charge in [0.05, 0.1) is 13.0 Å². The maximum Gasteiger partial charge on any atom is 0.307 e. The highest BCUT2D eigenvalue weighted by Gasteiger charge is 2.11. The fourth-order valence-corrected chi connectivity index (χ4v) is 1.69. The van der Waals surface area contributed by atoms with Gasteiger partial charge in [0.1, 0.15) is 5.75 Å². The van der Waals surface area contributed by atoms with Crippen LogP contribution in [-0.4, -0.2) is 17.7 Å². The summed E-state index contributed by atoms with van der Waals surface area (Å²) in [6.07, 6.45) is 0.0118. The van der Waals surface area contributed by atoms with Gasteiger partial charge >= 0.3 is 5.97 Å². The lowest BCUT2D eigenvalue weighted by atomic mass is 10.0. The molecule has 0 unspecified atom stereocenters. The molecule has 1 aromatic carbocycles. The van der Waals surface area contributed by atoms with Gasteiger partial charge in [-0.15, -0.1) is 0 Å². The molecule has 0 radical (unpaired) electrons. The van der Waals surface area contributed by atoms with Crippen molar-refractivity contribution >= 4 is 5.97 Å². The second-order valence-electron chi connectivity index (χ2n) is 3.57. The highest BCUT2D eigenvalue weighted by atomic mass is 16.5. The molecule has 0 heterocycles. The van der Waals surface area contributed by atoms with Crippen molar-refractivity contribution in [1.29, 1.82) is 0 Å². The Morgan fingerprint density at radius 1 is 1.40 bits per heavy atom. The quantitative estimate of drug-likeness (QED) is 0.826. The van der Waals surface area contributed by atoms with E-state index in [0.717, 1.165) is 16.7 Å². The molecular weight excluding hydrogens is 192 g/mol. The van der Waals surface area contributed by atoms with Gasteiger partial charge in [-0.3, -0.25) is 4.79 Å². The molecule has 0 atom stereocenters. The van der Waals surface area contributed by atoms with E-state index in [9.17, 15) is 4.79 Å². The van der Waals surface area contributed by atoms with E-state index in [0.29, 0.717) is 12.4 Å². The van der Waals surface area contributed by atoms with Crippen LogP contribution in [0, 0.1) is 13.8 Å². The maximum atomic E-state index is 10.7. The van der Waals surface area contributed by atoms with Crippen LogP contribution in [0.2, 0.25) is 0 Å². The Labute approximate surface area is 89.7 Å². The third kappa shape index (κ3) is 2.98. The van der Waals surface area contributed by atoms with Crippen molar-refractivity contribution in [2.45, 2.75) is 27.2 Å². The summed E-state index contributed by atoms with van der Waals surface area (Å²) in [7, 11) is 0. The topological polar surface area (TPSA) is 46.5 Å². The van der Waals surface area contributed by atoms with Gasteiger partial charge in [-0.25, -0.2) is 0 Å². The van der Waals surface area contributed by atoms with Crippen molar-refractivity contribution in [3.05, 3.63) is 28.8 Å². The van der Waals surface area contributed by atoms with Gasteiger partial charge in [-0.1, -0.05) is 17.7 Å². The number of ether oxygens (including phenoxy) is 1. The van der Waals surface area contributed by atoms with E-state index in [4.69, 9.17) is 9.84 Å². The molecule has 1 aromatic rings. The average Bonchev–Trinajstić information content (AvgIpc) is 2.10. The van der Waals surface area contributed by atoms with Crippen LogP contribution in [0.5, 0.6) is 5.75 Å². The molecule has 0 saturated carbocycles. The van der Waals surface area contributed by atoms with Crippen LogP contribution in [0.3, 0.4) is 0 Å². The van der Waals surface area contributed by atoms with Crippen LogP contribution in [0.25, 0.3) is 0 Å². The number of carboxylic acids is 1. The molecule has 0 aliphatic carbocycles. The molecule has 0 spiro atoms. The van der Waals surface area contributed by atoms with Crippen LogP contribution in [0.4, 0.5) is 0 Å². The van der Waals surface area contributed by atoms with Gasteiger partial charge in [-0.2, -0.15) is 0 Å². The second-order valence-corrected chi connectivity index (χ2v) is 3.57. The molecule has 0 fully saturated rings. The van der Waals surface area contributed by atoms with Crippen LogP contribution in [0.15, 0.2) is 12.1 Å². The molecular formula is C12H16O3. The number of carboxylic acid groups (broad SMARTS) is 1. The van der Waals surface area contributed by atoms with E-state index >= 15 is 0 Å². The summed E-state index contributed by atoms with van der Waals surface area (Å²) in [5, 5.41) is 8.79. The monoisotopic (exact) mass is 208 g/mol. The normalized spacial score (nSPS) is 10.1. The first-order valence-corrected chi connectivity index (χ1v) is 4.99. The van der Waals surface area contributed by atoms with Crippen molar-refractivity contribution in [1.82, 2.24) is 0 Å². The predicted octanol–water partition coefficient (Wildman–Crippen LogP) is 2.33. The van der Waals surface area contributed by atoms with E-state index in [-0.39, 0.29) is 6.42 Å². The minimum absolute atomic E-state index is 0.0118. The summed E-state index contributed by atoms with van der Waals surface area (Å²) in [6, 6.07) is 3.86. The molecule has 3 nitrogen and oxygen atoms in total. The highest BCUT2D eigenvalue weighted by Crippen LogP contribution is 2.25. The lowest BCUT2D eigenvalue weighted by Gasteiger charge is -2.12. The van der Waals surface area contributed by atoms with E-state index < -0.39 is 5.97 Å². The molecule has 15 heavy (non-hydrogen) atoms. The smallest absolute Gasteiger partial charge is 0.307 e. The van der Waals surface area contributed by atoms with Crippen LogP contribution < -0.4 is 4.74 Å². The zero-order valence-electron chi connectivity index (χ0n) is 9.33. The number of rotatable bonds is 4. The Hall–Kier alpha value is -1.51. The predicted molar refractivity (Wildman–Crippen MR) is 58.4 cm³/mol. The number of carbonyl (C=O) groups is 1. The standard InChI is InChI=1S/C12H16O3/c1-4-15-12-9(3)5-8(2)6-10(12)7-11(13)14/h5-6H,4,7H2,1-3H3,(H,13,14). The van der Waals surface area contributed by atoms with Gasteiger partial charge < -0.3 is 9.84 Å². The minimum atomic E-state index is -0.832.